The summed E-state index contributed by atoms with van der Waals surface area (Å²) >= 11 is 3.48. The molecule has 0 bridgehead atoms. The van der Waals surface area contributed by atoms with Gasteiger partial charge in [0.25, 0.3) is 0 Å². The predicted octanol–water partition coefficient (Wildman–Crippen LogP) is 2.15. The minimum absolute atomic E-state index is 0.0910. The summed E-state index contributed by atoms with van der Waals surface area (Å²) < 4.78 is 11.2. The maximum absolute atomic E-state index is 12.7. The Labute approximate surface area is 172 Å². The van der Waals surface area contributed by atoms with E-state index in [9.17, 15) is 9.59 Å². The predicted molar refractivity (Wildman–Crippen MR) is 107 cm³/mol. The summed E-state index contributed by atoms with van der Waals surface area (Å²) in [6, 6.07) is 11.0. The highest BCUT2D eigenvalue weighted by Gasteiger charge is 2.29. The molecule has 3 rings (SSSR count). The van der Waals surface area contributed by atoms with Crippen molar-refractivity contribution in [3.05, 3.63) is 63.9 Å². The molecule has 1 aliphatic heterocycles. The van der Waals surface area contributed by atoms with E-state index in [1.807, 2.05) is 18.2 Å². The second-order valence-corrected chi connectivity index (χ2v) is 7.37. The normalized spacial score (nSPS) is 17.1. The molecule has 0 radical (unpaired) electrons. The van der Waals surface area contributed by atoms with E-state index in [1.54, 1.807) is 18.3 Å². The number of hydrogen-bond acceptors (Lipinski definition) is 6. The van der Waals surface area contributed by atoms with E-state index >= 15 is 0 Å². The van der Waals surface area contributed by atoms with E-state index < -0.39 is 5.97 Å². The lowest BCUT2D eigenvalue weighted by atomic mass is 10.1. The number of methoxy groups -OCH3 is 1. The van der Waals surface area contributed by atoms with Crippen LogP contribution in [0.1, 0.15) is 21.6 Å². The van der Waals surface area contributed by atoms with Crippen LogP contribution in [0, 0.1) is 0 Å². The molecule has 2 aromatic rings. The van der Waals surface area contributed by atoms with Crippen LogP contribution in [-0.4, -0.2) is 54.7 Å². The molecule has 2 heterocycles. The van der Waals surface area contributed by atoms with Crippen LogP contribution in [0.25, 0.3) is 0 Å². The maximum Gasteiger partial charge on any atom is 0.356 e. The van der Waals surface area contributed by atoms with Crippen molar-refractivity contribution in [1.82, 2.24) is 15.2 Å². The standard InChI is InChI=1S/C20H22BrN3O4/c1-27-20(26)17-6-5-15(10-22-17)11-23-19(25)18-13-28-8-7-24(18)12-14-3-2-4-16(21)9-14/h2-6,9-10,18H,7-8,11-13H2,1H3,(H,23,25)/t18-/m1/s1. The number of ether oxygens (including phenoxy) is 2. The molecule has 0 unspecified atom stereocenters. The number of benzene rings is 1. The van der Waals surface area contributed by atoms with Crippen molar-refractivity contribution in [1.29, 1.82) is 0 Å². The van der Waals surface area contributed by atoms with Gasteiger partial charge in [0.15, 0.2) is 0 Å². The SMILES string of the molecule is COC(=O)c1ccc(CNC(=O)[C@H]2COCCN2Cc2cccc(Br)c2)cn1. The third-order valence-electron chi connectivity index (χ3n) is 4.50. The van der Waals surface area contributed by atoms with Gasteiger partial charge in [-0.1, -0.05) is 34.1 Å². The van der Waals surface area contributed by atoms with Crippen LogP contribution >= 0.6 is 15.9 Å². The molecule has 1 aromatic carbocycles. The first-order valence-electron chi connectivity index (χ1n) is 8.94. The zero-order valence-electron chi connectivity index (χ0n) is 15.6. The van der Waals surface area contributed by atoms with E-state index in [-0.39, 0.29) is 17.6 Å². The fourth-order valence-corrected chi connectivity index (χ4v) is 3.45. The molecule has 148 valence electrons. The summed E-state index contributed by atoms with van der Waals surface area (Å²) in [6.07, 6.45) is 1.56. The van der Waals surface area contributed by atoms with Gasteiger partial charge in [0, 0.05) is 30.3 Å². The fraction of sp³-hybridized carbons (Fsp3) is 0.350. The highest BCUT2D eigenvalue weighted by molar-refractivity contribution is 9.10. The molecule has 0 saturated carbocycles. The van der Waals surface area contributed by atoms with E-state index in [2.05, 4.69) is 41.9 Å². The number of morpholine rings is 1. The lowest BCUT2D eigenvalue weighted by Crippen LogP contribution is -2.53. The molecule has 1 aliphatic rings. The van der Waals surface area contributed by atoms with Crippen molar-refractivity contribution < 1.29 is 19.1 Å². The van der Waals surface area contributed by atoms with Crippen LogP contribution in [0.5, 0.6) is 0 Å². The summed E-state index contributed by atoms with van der Waals surface area (Å²) in [5.41, 5.74) is 2.17. The molecule has 1 fully saturated rings. The molecule has 28 heavy (non-hydrogen) atoms. The van der Waals surface area contributed by atoms with Gasteiger partial charge in [0.1, 0.15) is 11.7 Å². The summed E-state index contributed by atoms with van der Waals surface area (Å²) in [6.45, 7) is 2.67. The molecule has 1 atom stereocenters. The van der Waals surface area contributed by atoms with Gasteiger partial charge in [-0.25, -0.2) is 9.78 Å². The third-order valence-corrected chi connectivity index (χ3v) is 5.00. The molecule has 8 heteroatoms. The van der Waals surface area contributed by atoms with Gasteiger partial charge in [-0.3, -0.25) is 9.69 Å². The minimum atomic E-state index is -0.488. The maximum atomic E-state index is 12.7. The Morgan fingerprint density at radius 3 is 2.89 bits per heavy atom. The van der Waals surface area contributed by atoms with Gasteiger partial charge in [0.2, 0.25) is 5.91 Å². The quantitative estimate of drug-likeness (QED) is 0.683. The lowest BCUT2D eigenvalue weighted by Gasteiger charge is -2.34. The minimum Gasteiger partial charge on any atom is -0.464 e. The average molecular weight is 448 g/mol. The van der Waals surface area contributed by atoms with Gasteiger partial charge < -0.3 is 14.8 Å². The number of rotatable bonds is 6. The number of amides is 1. The van der Waals surface area contributed by atoms with Gasteiger partial charge in [-0.15, -0.1) is 0 Å². The molecule has 1 N–H and O–H groups in total. The Balaban J connectivity index is 1.59. The summed E-state index contributed by atoms with van der Waals surface area (Å²) in [5, 5.41) is 2.93. The first-order chi connectivity index (χ1) is 13.6. The van der Waals surface area contributed by atoms with Crippen molar-refractivity contribution in [3.8, 4) is 0 Å². The summed E-state index contributed by atoms with van der Waals surface area (Å²) in [4.78, 5) is 30.3. The zero-order valence-corrected chi connectivity index (χ0v) is 17.1. The van der Waals surface area contributed by atoms with Gasteiger partial charge >= 0.3 is 5.97 Å². The van der Waals surface area contributed by atoms with Crippen molar-refractivity contribution >= 4 is 27.8 Å². The van der Waals surface area contributed by atoms with Crippen molar-refractivity contribution in [2.24, 2.45) is 0 Å². The molecule has 0 aliphatic carbocycles. The zero-order chi connectivity index (χ0) is 19.9. The average Bonchev–Trinajstić information content (AvgIpc) is 2.72. The van der Waals surface area contributed by atoms with E-state index in [1.165, 1.54) is 7.11 Å². The highest BCUT2D eigenvalue weighted by atomic mass is 79.9. The van der Waals surface area contributed by atoms with Crippen LogP contribution < -0.4 is 5.32 Å². The van der Waals surface area contributed by atoms with Crippen molar-refractivity contribution in [2.45, 2.75) is 19.1 Å². The van der Waals surface area contributed by atoms with Crippen molar-refractivity contribution in [3.63, 3.8) is 0 Å². The van der Waals surface area contributed by atoms with E-state index in [0.717, 1.165) is 15.6 Å². The molecule has 0 spiro atoms. The molecular formula is C20H22BrN3O4. The summed E-state index contributed by atoms with van der Waals surface area (Å²) in [7, 11) is 1.31. The van der Waals surface area contributed by atoms with Crippen molar-refractivity contribution in [2.75, 3.05) is 26.9 Å². The Bertz CT molecular complexity index is 828. The second kappa shape index (κ2) is 9.77. The van der Waals surface area contributed by atoms with Crippen LogP contribution in [0.15, 0.2) is 47.1 Å². The Kier molecular flexibility index (Phi) is 7.13. The molecule has 1 aromatic heterocycles. The van der Waals surface area contributed by atoms with Crippen LogP contribution in [0.4, 0.5) is 0 Å². The fourth-order valence-electron chi connectivity index (χ4n) is 3.00. The number of esters is 1. The van der Waals surface area contributed by atoms with Crippen LogP contribution in [0.2, 0.25) is 0 Å². The number of hydrogen-bond donors (Lipinski definition) is 1. The smallest absolute Gasteiger partial charge is 0.356 e. The monoisotopic (exact) mass is 447 g/mol. The number of carbonyl (C=O) groups excluding carboxylic acids is 2. The number of halogens is 1. The Morgan fingerprint density at radius 2 is 2.18 bits per heavy atom. The summed E-state index contributed by atoms with van der Waals surface area (Å²) in [5.74, 6) is -0.579. The third kappa shape index (κ3) is 5.37. The van der Waals surface area contributed by atoms with Gasteiger partial charge in [0.05, 0.1) is 20.3 Å². The topological polar surface area (TPSA) is 80.8 Å². The van der Waals surface area contributed by atoms with Gasteiger partial charge in [-0.2, -0.15) is 0 Å². The number of aromatic nitrogens is 1. The molecular weight excluding hydrogens is 426 g/mol. The number of carbonyl (C=O) groups is 2. The Morgan fingerprint density at radius 1 is 1.32 bits per heavy atom. The lowest BCUT2D eigenvalue weighted by molar-refractivity contribution is -0.133. The van der Waals surface area contributed by atoms with E-state index in [0.29, 0.717) is 32.8 Å². The van der Waals surface area contributed by atoms with Crippen LogP contribution in [0.3, 0.4) is 0 Å². The second-order valence-electron chi connectivity index (χ2n) is 6.45. The van der Waals surface area contributed by atoms with Gasteiger partial charge in [-0.05, 0) is 29.3 Å². The highest BCUT2D eigenvalue weighted by Crippen LogP contribution is 2.17. The molecule has 1 saturated heterocycles. The number of nitrogens with one attached hydrogen (secondary N) is 1. The Hall–Kier alpha value is -2.29. The largest absolute Gasteiger partial charge is 0.464 e. The first-order valence-corrected chi connectivity index (χ1v) is 9.73. The van der Waals surface area contributed by atoms with Crippen LogP contribution in [-0.2, 0) is 27.4 Å². The first kappa shape index (κ1) is 20.4. The van der Waals surface area contributed by atoms with E-state index in [4.69, 9.17) is 4.74 Å². The number of pyridine rings is 1. The molecule has 1 amide bonds. The molecule has 7 nitrogen and oxygen atoms in total. The number of nitrogens with zero attached hydrogens (tertiary/aromatic N) is 2.